The SMILES string of the molecule is COc1cccc(OC)c1-n1c(NSCCc2ccc(Cl)cc2)nnc1-c1ncc(C)s1. The summed E-state index contributed by atoms with van der Waals surface area (Å²) in [6.45, 7) is 2.01. The molecule has 0 radical (unpaired) electrons. The van der Waals surface area contributed by atoms with Gasteiger partial charge in [-0.05, 0) is 55.1 Å². The second-order valence-electron chi connectivity index (χ2n) is 6.80. The number of methoxy groups -OCH3 is 2. The van der Waals surface area contributed by atoms with Crippen LogP contribution < -0.4 is 14.2 Å². The van der Waals surface area contributed by atoms with Gasteiger partial charge < -0.3 is 9.47 Å². The highest BCUT2D eigenvalue weighted by Gasteiger charge is 2.23. The highest BCUT2D eigenvalue weighted by molar-refractivity contribution is 8.00. The Hall–Kier alpha value is -2.75. The van der Waals surface area contributed by atoms with Crippen LogP contribution in [0.5, 0.6) is 11.5 Å². The van der Waals surface area contributed by atoms with Crippen LogP contribution >= 0.6 is 34.9 Å². The Morgan fingerprint density at radius 2 is 1.78 bits per heavy atom. The number of hydrogen-bond donors (Lipinski definition) is 1. The number of hydrogen-bond acceptors (Lipinski definition) is 8. The maximum Gasteiger partial charge on any atom is 0.239 e. The molecule has 2 aromatic carbocycles. The summed E-state index contributed by atoms with van der Waals surface area (Å²) < 4.78 is 16.5. The van der Waals surface area contributed by atoms with Crippen molar-refractivity contribution in [3.05, 3.63) is 64.1 Å². The monoisotopic (exact) mass is 487 g/mol. The Kier molecular flexibility index (Phi) is 7.19. The van der Waals surface area contributed by atoms with Crippen LogP contribution in [0.3, 0.4) is 0 Å². The fourth-order valence-corrected chi connectivity index (χ4v) is 4.71. The first-order chi connectivity index (χ1) is 15.6. The molecular weight excluding hydrogens is 466 g/mol. The van der Waals surface area contributed by atoms with Crippen molar-refractivity contribution in [3.63, 3.8) is 0 Å². The Bertz CT molecular complexity index is 1170. The van der Waals surface area contributed by atoms with E-state index in [4.69, 9.17) is 21.1 Å². The van der Waals surface area contributed by atoms with Crippen LogP contribution in [0.4, 0.5) is 5.95 Å². The van der Waals surface area contributed by atoms with Crippen molar-refractivity contribution in [2.75, 3.05) is 24.7 Å². The molecule has 0 aliphatic carbocycles. The molecule has 0 saturated carbocycles. The standard InChI is InChI=1S/C22H22ClN5O2S2/c1-14-13-24-21(32-14)20-25-26-22(27-31-12-11-15-7-9-16(23)10-8-15)28(20)19-17(29-2)5-4-6-18(19)30-3/h4-10,13H,11-12H2,1-3H3,(H,26,27). The van der Waals surface area contributed by atoms with E-state index in [1.807, 2.05) is 60.2 Å². The highest BCUT2D eigenvalue weighted by atomic mass is 35.5. The first-order valence-electron chi connectivity index (χ1n) is 9.82. The average Bonchev–Trinajstić information content (AvgIpc) is 3.43. The van der Waals surface area contributed by atoms with E-state index in [2.05, 4.69) is 19.9 Å². The van der Waals surface area contributed by atoms with Gasteiger partial charge in [0.25, 0.3) is 0 Å². The fourth-order valence-electron chi connectivity index (χ4n) is 3.15. The van der Waals surface area contributed by atoms with Crippen LogP contribution in [-0.2, 0) is 6.42 Å². The highest BCUT2D eigenvalue weighted by Crippen LogP contribution is 2.38. The van der Waals surface area contributed by atoms with Gasteiger partial charge in [-0.1, -0.05) is 29.8 Å². The molecule has 1 N–H and O–H groups in total. The maximum absolute atomic E-state index is 5.97. The number of halogens is 1. The lowest BCUT2D eigenvalue weighted by atomic mass is 10.2. The zero-order valence-electron chi connectivity index (χ0n) is 17.8. The summed E-state index contributed by atoms with van der Waals surface area (Å²) in [5, 5.41) is 10.3. The molecule has 0 aliphatic heterocycles. The maximum atomic E-state index is 5.97. The predicted octanol–water partition coefficient (Wildman–Crippen LogP) is 5.67. The van der Waals surface area contributed by atoms with Crippen molar-refractivity contribution >= 4 is 40.8 Å². The minimum absolute atomic E-state index is 0.566. The van der Waals surface area contributed by atoms with E-state index in [0.717, 1.165) is 27.1 Å². The summed E-state index contributed by atoms with van der Waals surface area (Å²) in [7, 11) is 3.26. The van der Waals surface area contributed by atoms with E-state index in [0.29, 0.717) is 29.0 Å². The Balaban J connectivity index is 1.65. The Labute approximate surface area is 199 Å². The smallest absolute Gasteiger partial charge is 0.239 e. The summed E-state index contributed by atoms with van der Waals surface area (Å²) in [5.41, 5.74) is 1.93. The third-order valence-electron chi connectivity index (χ3n) is 4.67. The second kappa shape index (κ2) is 10.2. The summed E-state index contributed by atoms with van der Waals surface area (Å²) in [6, 6.07) is 13.5. The molecule has 4 rings (SSSR count). The summed E-state index contributed by atoms with van der Waals surface area (Å²) in [4.78, 5) is 5.60. The number of para-hydroxylation sites is 1. The largest absolute Gasteiger partial charge is 0.494 e. The van der Waals surface area contributed by atoms with Crippen LogP contribution in [0.15, 0.2) is 48.7 Å². The number of ether oxygens (including phenoxy) is 2. The number of anilines is 1. The predicted molar refractivity (Wildman–Crippen MR) is 132 cm³/mol. The number of nitrogens with zero attached hydrogens (tertiary/aromatic N) is 4. The summed E-state index contributed by atoms with van der Waals surface area (Å²) >= 11 is 9.08. The van der Waals surface area contributed by atoms with Gasteiger partial charge in [0.05, 0.1) is 14.2 Å². The van der Waals surface area contributed by atoms with Crippen molar-refractivity contribution in [1.29, 1.82) is 0 Å². The van der Waals surface area contributed by atoms with E-state index in [-0.39, 0.29) is 0 Å². The van der Waals surface area contributed by atoms with Crippen LogP contribution in [0, 0.1) is 6.92 Å². The van der Waals surface area contributed by atoms with Crippen LogP contribution in [0.25, 0.3) is 16.5 Å². The topological polar surface area (TPSA) is 74.1 Å². The molecule has 0 spiro atoms. The third kappa shape index (κ3) is 4.85. The zero-order chi connectivity index (χ0) is 22.5. The normalized spacial score (nSPS) is 10.9. The molecule has 0 amide bonds. The number of aromatic nitrogens is 4. The minimum Gasteiger partial charge on any atom is -0.494 e. The lowest BCUT2D eigenvalue weighted by Crippen LogP contribution is -2.07. The molecule has 7 nitrogen and oxygen atoms in total. The molecule has 0 fully saturated rings. The molecule has 32 heavy (non-hydrogen) atoms. The number of aryl methyl sites for hydroxylation is 2. The van der Waals surface area contributed by atoms with Crippen molar-refractivity contribution in [2.45, 2.75) is 13.3 Å². The van der Waals surface area contributed by atoms with Gasteiger partial charge in [-0.2, -0.15) is 0 Å². The Morgan fingerprint density at radius 3 is 2.41 bits per heavy atom. The van der Waals surface area contributed by atoms with E-state index in [9.17, 15) is 0 Å². The molecule has 0 bridgehead atoms. The van der Waals surface area contributed by atoms with Gasteiger partial charge in [-0.15, -0.1) is 21.5 Å². The zero-order valence-corrected chi connectivity index (χ0v) is 20.2. The lowest BCUT2D eigenvalue weighted by Gasteiger charge is -2.16. The van der Waals surface area contributed by atoms with Gasteiger partial charge in [0.15, 0.2) is 10.8 Å². The van der Waals surface area contributed by atoms with E-state index in [1.165, 1.54) is 5.56 Å². The first-order valence-corrected chi connectivity index (χ1v) is 12.0. The molecule has 166 valence electrons. The van der Waals surface area contributed by atoms with Crippen molar-refractivity contribution in [2.24, 2.45) is 0 Å². The molecule has 4 aromatic rings. The van der Waals surface area contributed by atoms with Crippen LogP contribution in [-0.4, -0.2) is 39.7 Å². The van der Waals surface area contributed by atoms with Crippen molar-refractivity contribution < 1.29 is 9.47 Å². The molecular formula is C22H22ClN5O2S2. The quantitative estimate of drug-likeness (QED) is 0.241. The molecule has 0 aliphatic rings. The first kappa shape index (κ1) is 22.4. The van der Waals surface area contributed by atoms with E-state index >= 15 is 0 Å². The number of rotatable bonds is 9. The van der Waals surface area contributed by atoms with Gasteiger partial charge >= 0.3 is 0 Å². The van der Waals surface area contributed by atoms with Gasteiger partial charge in [-0.3, -0.25) is 9.29 Å². The lowest BCUT2D eigenvalue weighted by molar-refractivity contribution is 0.391. The van der Waals surface area contributed by atoms with Crippen molar-refractivity contribution in [3.8, 4) is 28.0 Å². The molecule has 10 heteroatoms. The third-order valence-corrected chi connectivity index (χ3v) is 6.57. The number of thiazole rings is 1. The second-order valence-corrected chi connectivity index (χ2v) is 9.37. The summed E-state index contributed by atoms with van der Waals surface area (Å²) in [6.07, 6.45) is 2.71. The molecule has 0 atom stereocenters. The molecule has 0 unspecified atom stereocenters. The van der Waals surface area contributed by atoms with E-state index in [1.54, 1.807) is 37.5 Å². The average molecular weight is 488 g/mol. The van der Waals surface area contributed by atoms with Crippen LogP contribution in [0.1, 0.15) is 10.4 Å². The fraction of sp³-hybridized carbons (Fsp3) is 0.227. The van der Waals surface area contributed by atoms with Crippen molar-refractivity contribution in [1.82, 2.24) is 19.7 Å². The van der Waals surface area contributed by atoms with Gasteiger partial charge in [0.2, 0.25) is 5.95 Å². The molecule has 2 aromatic heterocycles. The minimum atomic E-state index is 0.566. The Morgan fingerprint density at radius 1 is 1.06 bits per heavy atom. The molecule has 0 saturated heterocycles. The van der Waals surface area contributed by atoms with Gasteiger partial charge in [0.1, 0.15) is 17.2 Å². The number of benzene rings is 2. The van der Waals surface area contributed by atoms with Crippen LogP contribution in [0.2, 0.25) is 5.02 Å². The molecule has 2 heterocycles. The van der Waals surface area contributed by atoms with Gasteiger partial charge in [0, 0.05) is 21.8 Å². The van der Waals surface area contributed by atoms with E-state index < -0.39 is 0 Å². The number of nitrogens with one attached hydrogen (secondary N) is 1. The summed E-state index contributed by atoms with van der Waals surface area (Å²) in [5.74, 6) is 3.31. The van der Waals surface area contributed by atoms with Gasteiger partial charge in [-0.25, -0.2) is 4.98 Å².